The Kier molecular flexibility index (Phi) is 7.37. The largest absolute Gasteiger partial charge is 0.493 e. The van der Waals surface area contributed by atoms with Gasteiger partial charge in [-0.1, -0.05) is 42.5 Å². The number of carbonyl (C=O) groups is 3. The second-order valence-corrected chi connectivity index (χ2v) is 6.42. The van der Waals surface area contributed by atoms with Gasteiger partial charge in [0.25, 0.3) is 11.8 Å². The minimum absolute atomic E-state index is 0.236. The number of para-hydroxylation sites is 3. The zero-order chi connectivity index (χ0) is 22.1. The van der Waals surface area contributed by atoms with Gasteiger partial charge in [0.1, 0.15) is 11.3 Å². The smallest absolute Gasteiger partial charge is 0.342 e. The third-order valence-electron chi connectivity index (χ3n) is 4.22. The van der Waals surface area contributed by atoms with E-state index in [1.165, 1.54) is 0 Å². The fourth-order valence-electron chi connectivity index (χ4n) is 2.82. The van der Waals surface area contributed by atoms with E-state index in [1.54, 1.807) is 79.7 Å². The molecule has 0 bridgehead atoms. The van der Waals surface area contributed by atoms with Gasteiger partial charge < -0.3 is 20.1 Å². The van der Waals surface area contributed by atoms with Crippen molar-refractivity contribution in [3.8, 4) is 5.75 Å². The molecule has 0 radical (unpaired) electrons. The first-order valence-corrected chi connectivity index (χ1v) is 9.72. The standard InChI is InChI=1S/C24H22N2O5/c1-2-30-21-15-9-7-13-19(21)24(29)31-16-22(27)26-20-14-8-6-12-18(20)23(28)25-17-10-4-3-5-11-17/h3-15H,2,16H2,1H3,(H,25,28)(H,26,27). The first-order chi connectivity index (χ1) is 15.1. The van der Waals surface area contributed by atoms with Crippen molar-refractivity contribution in [2.24, 2.45) is 0 Å². The van der Waals surface area contributed by atoms with Crippen molar-refractivity contribution in [2.45, 2.75) is 6.92 Å². The predicted octanol–water partition coefficient (Wildman–Crippen LogP) is 4.13. The van der Waals surface area contributed by atoms with Crippen LogP contribution >= 0.6 is 0 Å². The van der Waals surface area contributed by atoms with E-state index in [0.29, 0.717) is 23.7 Å². The van der Waals surface area contributed by atoms with Crippen LogP contribution in [0.15, 0.2) is 78.9 Å². The molecule has 3 aromatic carbocycles. The maximum absolute atomic E-state index is 12.6. The van der Waals surface area contributed by atoms with Crippen LogP contribution in [0, 0.1) is 0 Å². The van der Waals surface area contributed by atoms with Crippen LogP contribution < -0.4 is 15.4 Å². The fourth-order valence-corrected chi connectivity index (χ4v) is 2.82. The third kappa shape index (κ3) is 5.93. The summed E-state index contributed by atoms with van der Waals surface area (Å²) < 4.78 is 10.5. The molecule has 3 aromatic rings. The lowest BCUT2D eigenvalue weighted by molar-refractivity contribution is -0.119. The molecule has 158 valence electrons. The molecule has 0 heterocycles. The molecule has 0 spiro atoms. The summed E-state index contributed by atoms with van der Waals surface area (Å²) >= 11 is 0. The van der Waals surface area contributed by atoms with E-state index in [0.717, 1.165) is 0 Å². The molecule has 0 aliphatic rings. The molecule has 2 N–H and O–H groups in total. The van der Waals surface area contributed by atoms with E-state index in [9.17, 15) is 14.4 Å². The van der Waals surface area contributed by atoms with E-state index in [2.05, 4.69) is 10.6 Å². The Balaban J connectivity index is 1.62. The Labute approximate surface area is 180 Å². The number of benzene rings is 3. The molecule has 0 saturated carbocycles. The van der Waals surface area contributed by atoms with Crippen LogP contribution in [0.25, 0.3) is 0 Å². The number of rotatable bonds is 8. The van der Waals surface area contributed by atoms with Gasteiger partial charge in [-0.2, -0.15) is 0 Å². The third-order valence-corrected chi connectivity index (χ3v) is 4.22. The summed E-state index contributed by atoms with van der Waals surface area (Å²) in [4.78, 5) is 37.3. The van der Waals surface area contributed by atoms with Crippen LogP contribution in [0.3, 0.4) is 0 Å². The van der Waals surface area contributed by atoms with Crippen molar-refractivity contribution in [3.05, 3.63) is 90.0 Å². The summed E-state index contributed by atoms with van der Waals surface area (Å²) in [6.45, 7) is 1.70. The van der Waals surface area contributed by atoms with E-state index in [1.807, 2.05) is 6.07 Å². The number of esters is 1. The maximum atomic E-state index is 12.6. The highest BCUT2D eigenvalue weighted by molar-refractivity contribution is 6.10. The molecular formula is C24H22N2O5. The normalized spacial score (nSPS) is 10.1. The molecule has 0 saturated heterocycles. The van der Waals surface area contributed by atoms with Crippen molar-refractivity contribution in [1.29, 1.82) is 0 Å². The molecular weight excluding hydrogens is 396 g/mol. The Morgan fingerprint density at radius 1 is 0.774 bits per heavy atom. The number of ether oxygens (including phenoxy) is 2. The number of hydrogen-bond acceptors (Lipinski definition) is 5. The van der Waals surface area contributed by atoms with E-state index < -0.39 is 18.5 Å². The summed E-state index contributed by atoms with van der Waals surface area (Å²) in [5, 5.41) is 5.39. The molecule has 0 aliphatic heterocycles. The molecule has 7 heteroatoms. The Bertz CT molecular complexity index is 1070. The average molecular weight is 418 g/mol. The van der Waals surface area contributed by atoms with Gasteiger partial charge >= 0.3 is 5.97 Å². The first kappa shape index (κ1) is 21.6. The molecule has 2 amide bonds. The van der Waals surface area contributed by atoms with Gasteiger partial charge in [0, 0.05) is 5.69 Å². The molecule has 7 nitrogen and oxygen atoms in total. The fraction of sp³-hybridized carbons (Fsp3) is 0.125. The quantitative estimate of drug-likeness (QED) is 0.537. The van der Waals surface area contributed by atoms with Crippen molar-refractivity contribution < 1.29 is 23.9 Å². The van der Waals surface area contributed by atoms with Gasteiger partial charge in [-0.15, -0.1) is 0 Å². The van der Waals surface area contributed by atoms with Crippen LogP contribution in [0.4, 0.5) is 11.4 Å². The number of anilines is 2. The second kappa shape index (κ2) is 10.6. The topological polar surface area (TPSA) is 93.7 Å². The highest BCUT2D eigenvalue weighted by atomic mass is 16.5. The van der Waals surface area contributed by atoms with Crippen molar-refractivity contribution in [2.75, 3.05) is 23.8 Å². The van der Waals surface area contributed by atoms with Crippen molar-refractivity contribution in [3.63, 3.8) is 0 Å². The Morgan fingerprint density at radius 3 is 2.16 bits per heavy atom. The monoisotopic (exact) mass is 418 g/mol. The van der Waals surface area contributed by atoms with Gasteiger partial charge in [0.2, 0.25) is 0 Å². The van der Waals surface area contributed by atoms with Gasteiger partial charge in [-0.25, -0.2) is 4.79 Å². The summed E-state index contributed by atoms with van der Waals surface area (Å²) in [7, 11) is 0. The highest BCUT2D eigenvalue weighted by Gasteiger charge is 2.17. The number of carbonyl (C=O) groups excluding carboxylic acids is 3. The van der Waals surface area contributed by atoms with Crippen molar-refractivity contribution in [1.82, 2.24) is 0 Å². The molecule has 0 aromatic heterocycles. The van der Waals surface area contributed by atoms with Crippen LogP contribution in [0.2, 0.25) is 0 Å². The van der Waals surface area contributed by atoms with Gasteiger partial charge in [0.15, 0.2) is 6.61 Å². The van der Waals surface area contributed by atoms with Crippen LogP contribution in [0.1, 0.15) is 27.6 Å². The summed E-state index contributed by atoms with van der Waals surface area (Å²) in [5.74, 6) is -1.22. The first-order valence-electron chi connectivity index (χ1n) is 9.72. The molecule has 3 rings (SSSR count). The maximum Gasteiger partial charge on any atom is 0.342 e. The number of nitrogens with one attached hydrogen (secondary N) is 2. The molecule has 0 unspecified atom stereocenters. The van der Waals surface area contributed by atoms with Crippen LogP contribution in [0.5, 0.6) is 5.75 Å². The van der Waals surface area contributed by atoms with Crippen LogP contribution in [-0.2, 0) is 9.53 Å². The summed E-state index contributed by atoms with van der Waals surface area (Å²) in [6.07, 6.45) is 0. The minimum atomic E-state index is -0.672. The number of amides is 2. The highest BCUT2D eigenvalue weighted by Crippen LogP contribution is 2.20. The Morgan fingerprint density at radius 2 is 1.42 bits per heavy atom. The summed E-state index contributed by atoms with van der Waals surface area (Å²) in [5.41, 5.74) is 1.47. The molecule has 31 heavy (non-hydrogen) atoms. The zero-order valence-electron chi connectivity index (χ0n) is 17.0. The van der Waals surface area contributed by atoms with Gasteiger partial charge in [0.05, 0.1) is 17.9 Å². The second-order valence-electron chi connectivity index (χ2n) is 6.42. The molecule has 0 atom stereocenters. The minimum Gasteiger partial charge on any atom is -0.493 e. The predicted molar refractivity (Wildman–Crippen MR) is 117 cm³/mol. The SMILES string of the molecule is CCOc1ccccc1C(=O)OCC(=O)Nc1ccccc1C(=O)Nc1ccccc1. The molecule has 0 fully saturated rings. The van der Waals surface area contributed by atoms with Gasteiger partial charge in [-0.05, 0) is 43.3 Å². The average Bonchev–Trinajstić information content (AvgIpc) is 2.79. The lowest BCUT2D eigenvalue weighted by Gasteiger charge is -2.12. The molecule has 0 aliphatic carbocycles. The van der Waals surface area contributed by atoms with Crippen LogP contribution in [-0.4, -0.2) is 31.0 Å². The van der Waals surface area contributed by atoms with Crippen molar-refractivity contribution >= 4 is 29.2 Å². The lowest BCUT2D eigenvalue weighted by atomic mass is 10.1. The van der Waals surface area contributed by atoms with E-state index >= 15 is 0 Å². The zero-order valence-corrected chi connectivity index (χ0v) is 17.0. The van der Waals surface area contributed by atoms with E-state index in [-0.39, 0.29) is 17.0 Å². The Hall–Kier alpha value is -4.13. The summed E-state index contributed by atoms with van der Waals surface area (Å²) in [6, 6.07) is 22.2. The van der Waals surface area contributed by atoms with E-state index in [4.69, 9.17) is 9.47 Å². The lowest BCUT2D eigenvalue weighted by Crippen LogP contribution is -2.23. The van der Waals surface area contributed by atoms with Gasteiger partial charge in [-0.3, -0.25) is 9.59 Å². The number of hydrogen-bond donors (Lipinski definition) is 2.